The van der Waals surface area contributed by atoms with Gasteiger partial charge in [-0.25, -0.2) is 9.97 Å². The van der Waals surface area contributed by atoms with Crippen molar-refractivity contribution in [1.29, 1.82) is 0 Å². The fourth-order valence-electron chi connectivity index (χ4n) is 3.80. The number of hydrogen-bond acceptors (Lipinski definition) is 5. The normalized spacial score (nSPS) is 19.3. The monoisotopic (exact) mass is 351 g/mol. The summed E-state index contributed by atoms with van der Waals surface area (Å²) in [5.74, 6) is 1.98. The minimum atomic E-state index is 0.0439. The van der Waals surface area contributed by atoms with Gasteiger partial charge in [-0.05, 0) is 26.3 Å². The lowest BCUT2D eigenvalue weighted by molar-refractivity contribution is -0.124. The minimum absolute atomic E-state index is 0.0439. The molecule has 0 aliphatic carbocycles. The number of hydrogen-bond donors (Lipinski definition) is 2. The topological polar surface area (TPSA) is 70.2 Å². The number of fused-ring (bicyclic) bond motifs is 1. The third kappa shape index (κ3) is 3.29. The Morgan fingerprint density at radius 2 is 2.15 bits per heavy atom. The van der Waals surface area contributed by atoms with Crippen LogP contribution < -0.4 is 15.5 Å². The molecule has 0 saturated carbocycles. The highest BCUT2D eigenvalue weighted by atomic mass is 16.1. The number of anilines is 1. The lowest BCUT2D eigenvalue weighted by Gasteiger charge is -2.26. The van der Waals surface area contributed by atoms with Gasteiger partial charge in [0.25, 0.3) is 0 Å². The molecular formula is C20H25N5O. The van der Waals surface area contributed by atoms with E-state index in [1.165, 1.54) is 5.56 Å². The average molecular weight is 351 g/mol. The molecule has 2 N–H and O–H groups in total. The van der Waals surface area contributed by atoms with Gasteiger partial charge in [0.15, 0.2) is 5.82 Å². The highest BCUT2D eigenvalue weighted by molar-refractivity contribution is 5.80. The van der Waals surface area contributed by atoms with Gasteiger partial charge in [-0.1, -0.05) is 30.3 Å². The molecule has 6 nitrogen and oxygen atoms in total. The molecule has 26 heavy (non-hydrogen) atoms. The Kier molecular flexibility index (Phi) is 4.84. The summed E-state index contributed by atoms with van der Waals surface area (Å²) in [6.45, 7) is 5.97. The molecule has 1 amide bonds. The summed E-state index contributed by atoms with van der Waals surface area (Å²) in [5.41, 5.74) is 3.35. The third-order valence-electron chi connectivity index (χ3n) is 5.16. The Morgan fingerprint density at radius 3 is 2.96 bits per heavy atom. The van der Waals surface area contributed by atoms with Gasteiger partial charge < -0.3 is 15.5 Å². The molecule has 1 fully saturated rings. The van der Waals surface area contributed by atoms with Crippen molar-refractivity contribution in [2.45, 2.75) is 26.3 Å². The Hall–Kier alpha value is -2.47. The van der Waals surface area contributed by atoms with E-state index < -0.39 is 0 Å². The zero-order valence-corrected chi connectivity index (χ0v) is 15.2. The van der Waals surface area contributed by atoms with E-state index in [1.807, 2.05) is 37.3 Å². The predicted molar refractivity (Wildman–Crippen MR) is 102 cm³/mol. The molecule has 2 aromatic rings. The molecule has 1 aromatic carbocycles. The van der Waals surface area contributed by atoms with Crippen LogP contribution in [0.3, 0.4) is 0 Å². The fourth-order valence-corrected chi connectivity index (χ4v) is 3.80. The van der Waals surface area contributed by atoms with Crippen LogP contribution >= 0.6 is 0 Å². The largest absolute Gasteiger partial charge is 0.356 e. The summed E-state index contributed by atoms with van der Waals surface area (Å²) in [4.78, 5) is 24.2. The van der Waals surface area contributed by atoms with Gasteiger partial charge in [0.05, 0.1) is 11.6 Å². The van der Waals surface area contributed by atoms with E-state index in [0.717, 1.165) is 61.9 Å². The van der Waals surface area contributed by atoms with Gasteiger partial charge in [0.1, 0.15) is 5.82 Å². The maximum absolute atomic E-state index is 12.2. The second kappa shape index (κ2) is 7.41. The third-order valence-corrected chi connectivity index (χ3v) is 5.16. The molecule has 4 rings (SSSR count). The van der Waals surface area contributed by atoms with Gasteiger partial charge in [-0.3, -0.25) is 4.79 Å². The number of rotatable bonds is 4. The van der Waals surface area contributed by atoms with Crippen molar-refractivity contribution in [3.8, 4) is 11.4 Å². The van der Waals surface area contributed by atoms with E-state index >= 15 is 0 Å². The standard InChI is InChI=1S/C20H25N5O/c1-2-22-20(26)15-9-11-25(13-15)19-16-8-10-21-12-17(16)23-18(24-19)14-6-4-3-5-7-14/h3-7,15,21H,2,8-13H2,1H3,(H,22,26)/t15-/m0/s1. The van der Waals surface area contributed by atoms with Crippen LogP contribution in [0.25, 0.3) is 11.4 Å². The van der Waals surface area contributed by atoms with E-state index in [1.54, 1.807) is 0 Å². The second-order valence-corrected chi connectivity index (χ2v) is 6.92. The van der Waals surface area contributed by atoms with Gasteiger partial charge in [0, 0.05) is 37.3 Å². The molecule has 1 aromatic heterocycles. The van der Waals surface area contributed by atoms with Crippen molar-refractivity contribution in [1.82, 2.24) is 20.6 Å². The molecule has 0 radical (unpaired) electrons. The quantitative estimate of drug-likeness (QED) is 0.878. The maximum atomic E-state index is 12.2. The van der Waals surface area contributed by atoms with Gasteiger partial charge in [-0.2, -0.15) is 0 Å². The van der Waals surface area contributed by atoms with E-state index in [4.69, 9.17) is 9.97 Å². The highest BCUT2D eigenvalue weighted by Crippen LogP contribution is 2.31. The summed E-state index contributed by atoms with van der Waals surface area (Å²) in [5, 5.41) is 6.36. The van der Waals surface area contributed by atoms with Crippen LogP contribution in [0.1, 0.15) is 24.6 Å². The van der Waals surface area contributed by atoms with Crippen LogP contribution in [0.4, 0.5) is 5.82 Å². The number of aromatic nitrogens is 2. The van der Waals surface area contributed by atoms with Crippen molar-refractivity contribution in [2.75, 3.05) is 31.1 Å². The molecule has 0 spiro atoms. The van der Waals surface area contributed by atoms with E-state index in [0.29, 0.717) is 6.54 Å². The molecule has 1 saturated heterocycles. The highest BCUT2D eigenvalue weighted by Gasteiger charge is 2.31. The summed E-state index contributed by atoms with van der Waals surface area (Å²) in [7, 11) is 0. The SMILES string of the molecule is CCNC(=O)[C@H]1CCN(c2nc(-c3ccccc3)nc3c2CCNC3)C1. The Bertz CT molecular complexity index is 792. The van der Waals surface area contributed by atoms with Crippen LogP contribution in [-0.4, -0.2) is 42.1 Å². The van der Waals surface area contributed by atoms with E-state index in [9.17, 15) is 4.79 Å². The Labute approximate surface area is 154 Å². The van der Waals surface area contributed by atoms with Crippen LogP contribution in [0, 0.1) is 5.92 Å². The molecule has 0 unspecified atom stereocenters. The Morgan fingerprint density at radius 1 is 1.31 bits per heavy atom. The summed E-state index contributed by atoms with van der Waals surface area (Å²) in [6, 6.07) is 10.1. The molecule has 0 bridgehead atoms. The van der Waals surface area contributed by atoms with Crippen molar-refractivity contribution < 1.29 is 4.79 Å². The molecule has 2 aliphatic rings. The van der Waals surface area contributed by atoms with E-state index in [-0.39, 0.29) is 11.8 Å². The molecule has 6 heteroatoms. The van der Waals surface area contributed by atoms with Crippen LogP contribution in [-0.2, 0) is 17.8 Å². The van der Waals surface area contributed by atoms with Gasteiger partial charge >= 0.3 is 0 Å². The zero-order chi connectivity index (χ0) is 17.9. The summed E-state index contributed by atoms with van der Waals surface area (Å²) < 4.78 is 0. The minimum Gasteiger partial charge on any atom is -0.356 e. The number of carbonyl (C=O) groups is 1. The van der Waals surface area contributed by atoms with Crippen molar-refractivity contribution in [3.05, 3.63) is 41.6 Å². The lowest BCUT2D eigenvalue weighted by Crippen LogP contribution is -2.34. The van der Waals surface area contributed by atoms with Gasteiger partial charge in [0.2, 0.25) is 5.91 Å². The maximum Gasteiger partial charge on any atom is 0.224 e. The van der Waals surface area contributed by atoms with E-state index in [2.05, 4.69) is 15.5 Å². The number of benzene rings is 1. The molecule has 2 aliphatic heterocycles. The molecule has 1 atom stereocenters. The Balaban J connectivity index is 1.68. The van der Waals surface area contributed by atoms with Crippen LogP contribution in [0.2, 0.25) is 0 Å². The first-order valence-corrected chi connectivity index (χ1v) is 9.45. The first kappa shape index (κ1) is 17.0. The van der Waals surface area contributed by atoms with Crippen molar-refractivity contribution >= 4 is 11.7 Å². The van der Waals surface area contributed by atoms with Crippen LogP contribution in [0.15, 0.2) is 30.3 Å². The second-order valence-electron chi connectivity index (χ2n) is 6.92. The number of nitrogens with zero attached hydrogens (tertiary/aromatic N) is 3. The smallest absolute Gasteiger partial charge is 0.224 e. The first-order chi connectivity index (χ1) is 12.8. The first-order valence-electron chi connectivity index (χ1n) is 9.45. The fraction of sp³-hybridized carbons (Fsp3) is 0.450. The van der Waals surface area contributed by atoms with Crippen LogP contribution in [0.5, 0.6) is 0 Å². The number of nitrogens with one attached hydrogen (secondary N) is 2. The number of carbonyl (C=O) groups excluding carboxylic acids is 1. The zero-order valence-electron chi connectivity index (χ0n) is 15.2. The molecular weight excluding hydrogens is 326 g/mol. The lowest BCUT2D eigenvalue weighted by atomic mass is 10.1. The average Bonchev–Trinajstić information content (AvgIpc) is 3.18. The summed E-state index contributed by atoms with van der Waals surface area (Å²) in [6.07, 6.45) is 1.81. The number of amides is 1. The molecule has 3 heterocycles. The summed E-state index contributed by atoms with van der Waals surface area (Å²) >= 11 is 0. The van der Waals surface area contributed by atoms with Crippen molar-refractivity contribution in [3.63, 3.8) is 0 Å². The predicted octanol–water partition coefficient (Wildman–Crippen LogP) is 1.75. The molecule has 136 valence electrons. The van der Waals surface area contributed by atoms with Crippen molar-refractivity contribution in [2.24, 2.45) is 5.92 Å². The van der Waals surface area contributed by atoms with Gasteiger partial charge in [-0.15, -0.1) is 0 Å².